The molecule has 0 radical (unpaired) electrons. The van der Waals surface area contributed by atoms with Crippen molar-refractivity contribution < 1.29 is 13.5 Å². The van der Waals surface area contributed by atoms with Gasteiger partial charge < -0.3 is 5.11 Å². The molecule has 1 atom stereocenters. The molecule has 0 heterocycles. The van der Waals surface area contributed by atoms with E-state index in [1.54, 1.807) is 6.92 Å². The second-order valence-corrected chi connectivity index (χ2v) is 8.00. The third-order valence-corrected chi connectivity index (χ3v) is 5.85. The third kappa shape index (κ3) is 3.18. The molecule has 1 aliphatic rings. The zero-order valence-electron chi connectivity index (χ0n) is 11.6. The van der Waals surface area contributed by atoms with Crippen LogP contribution < -0.4 is 0 Å². The van der Waals surface area contributed by atoms with E-state index < -0.39 is 15.4 Å². The van der Waals surface area contributed by atoms with Gasteiger partial charge in [-0.15, -0.1) is 0 Å². The van der Waals surface area contributed by atoms with Crippen molar-refractivity contribution in [2.45, 2.75) is 45.1 Å². The summed E-state index contributed by atoms with van der Waals surface area (Å²) in [4.78, 5) is 0. The zero-order chi connectivity index (χ0) is 14.1. The predicted octanol–water partition coefficient (Wildman–Crippen LogP) is 2.34. The molecule has 1 unspecified atom stereocenters. The highest BCUT2D eigenvalue weighted by atomic mass is 32.2. The molecule has 19 heavy (non-hydrogen) atoms. The van der Waals surface area contributed by atoms with Crippen molar-refractivity contribution in [1.29, 1.82) is 0 Å². The molecule has 106 valence electrons. The Bertz CT molecular complexity index is 563. The van der Waals surface area contributed by atoms with Crippen LogP contribution in [-0.2, 0) is 21.9 Å². The fraction of sp³-hybridized carbons (Fsp3) is 0.600. The summed E-state index contributed by atoms with van der Waals surface area (Å²) in [6.07, 6.45) is 2.65. The smallest absolute Gasteiger partial charge is 0.150 e. The first-order valence-electron chi connectivity index (χ1n) is 6.89. The second-order valence-electron chi connectivity index (χ2n) is 5.53. The van der Waals surface area contributed by atoms with E-state index in [0.717, 1.165) is 17.5 Å². The van der Waals surface area contributed by atoms with Gasteiger partial charge in [-0.3, -0.25) is 0 Å². The highest BCUT2D eigenvalue weighted by Gasteiger charge is 2.36. The molecule has 0 spiro atoms. The molecule has 1 N–H and O–H groups in total. The molecule has 1 aromatic rings. The normalized spacial score (nSPS) is 22.5. The van der Waals surface area contributed by atoms with Crippen molar-refractivity contribution in [2.24, 2.45) is 0 Å². The lowest BCUT2D eigenvalue weighted by molar-refractivity contribution is 0.0289. The number of rotatable bonds is 5. The molecule has 0 saturated carbocycles. The van der Waals surface area contributed by atoms with Crippen LogP contribution >= 0.6 is 0 Å². The fourth-order valence-electron chi connectivity index (χ4n) is 2.81. The average Bonchev–Trinajstić information content (AvgIpc) is 2.67. The molecule has 0 aliphatic heterocycles. The maximum Gasteiger partial charge on any atom is 0.150 e. The maximum atomic E-state index is 11.5. The molecule has 1 aromatic carbocycles. The van der Waals surface area contributed by atoms with Crippen LogP contribution in [0.4, 0.5) is 0 Å². The van der Waals surface area contributed by atoms with Crippen molar-refractivity contribution in [3.05, 3.63) is 34.9 Å². The quantitative estimate of drug-likeness (QED) is 0.902. The van der Waals surface area contributed by atoms with Gasteiger partial charge in [-0.2, -0.15) is 0 Å². The zero-order valence-corrected chi connectivity index (χ0v) is 12.5. The number of hydrogen-bond donors (Lipinski definition) is 1. The van der Waals surface area contributed by atoms with Crippen molar-refractivity contribution >= 4 is 9.84 Å². The van der Waals surface area contributed by atoms with Crippen LogP contribution in [0.5, 0.6) is 0 Å². The number of aliphatic hydroxyl groups is 1. The molecule has 0 bridgehead atoms. The van der Waals surface area contributed by atoms with E-state index in [-0.39, 0.29) is 11.5 Å². The summed E-state index contributed by atoms with van der Waals surface area (Å²) in [6, 6.07) is 6.17. The summed E-state index contributed by atoms with van der Waals surface area (Å²) in [5.41, 5.74) is 2.51. The van der Waals surface area contributed by atoms with Crippen molar-refractivity contribution in [3.63, 3.8) is 0 Å². The number of aryl methyl sites for hydroxylation is 2. The molecule has 0 amide bonds. The minimum absolute atomic E-state index is 0.174. The SMILES string of the molecule is CCS(=O)(=O)CCCC1(O)CCc2ccc(C)cc21. The molecule has 4 heteroatoms. The maximum absolute atomic E-state index is 11.5. The van der Waals surface area contributed by atoms with Gasteiger partial charge in [0, 0.05) is 5.75 Å². The topological polar surface area (TPSA) is 54.4 Å². The van der Waals surface area contributed by atoms with Crippen molar-refractivity contribution in [3.8, 4) is 0 Å². The Balaban J connectivity index is 2.08. The number of hydrogen-bond acceptors (Lipinski definition) is 3. The summed E-state index contributed by atoms with van der Waals surface area (Å²) in [5, 5.41) is 10.7. The predicted molar refractivity (Wildman–Crippen MR) is 77.0 cm³/mol. The molecule has 3 nitrogen and oxygen atoms in total. The van der Waals surface area contributed by atoms with Gasteiger partial charge >= 0.3 is 0 Å². The van der Waals surface area contributed by atoms with E-state index in [4.69, 9.17) is 0 Å². The Hall–Kier alpha value is -0.870. The Kier molecular flexibility index (Phi) is 4.02. The van der Waals surface area contributed by atoms with Gasteiger partial charge in [0.25, 0.3) is 0 Å². The van der Waals surface area contributed by atoms with Crippen LogP contribution in [0.15, 0.2) is 18.2 Å². The van der Waals surface area contributed by atoms with E-state index >= 15 is 0 Å². The van der Waals surface area contributed by atoms with Crippen LogP contribution in [-0.4, -0.2) is 25.0 Å². The van der Waals surface area contributed by atoms with E-state index in [1.165, 1.54) is 5.56 Å². The average molecular weight is 282 g/mol. The van der Waals surface area contributed by atoms with Crippen molar-refractivity contribution in [1.82, 2.24) is 0 Å². The van der Waals surface area contributed by atoms with Crippen molar-refractivity contribution in [2.75, 3.05) is 11.5 Å². The van der Waals surface area contributed by atoms with Gasteiger partial charge in [-0.25, -0.2) is 8.42 Å². The molecule has 0 aromatic heterocycles. The fourth-order valence-corrected chi connectivity index (χ4v) is 3.68. The highest BCUT2D eigenvalue weighted by Crippen LogP contribution is 2.40. The largest absolute Gasteiger partial charge is 0.385 e. The summed E-state index contributed by atoms with van der Waals surface area (Å²) >= 11 is 0. The van der Waals surface area contributed by atoms with Crippen LogP contribution in [0.1, 0.15) is 42.9 Å². The molecular formula is C15H22O3S. The van der Waals surface area contributed by atoms with E-state index in [0.29, 0.717) is 19.3 Å². The molecular weight excluding hydrogens is 260 g/mol. The van der Waals surface area contributed by atoms with Crippen LogP contribution in [0, 0.1) is 6.92 Å². The summed E-state index contributed by atoms with van der Waals surface area (Å²) < 4.78 is 23.0. The molecule has 0 saturated heterocycles. The minimum Gasteiger partial charge on any atom is -0.385 e. The number of sulfone groups is 1. The Labute approximate surface area is 115 Å². The lowest BCUT2D eigenvalue weighted by atomic mass is 9.90. The van der Waals surface area contributed by atoms with E-state index in [1.807, 2.05) is 13.0 Å². The third-order valence-electron chi connectivity index (χ3n) is 4.06. The summed E-state index contributed by atoms with van der Waals surface area (Å²) in [7, 11) is -2.93. The molecule has 2 rings (SSSR count). The first-order valence-corrected chi connectivity index (χ1v) is 8.71. The monoisotopic (exact) mass is 282 g/mol. The first kappa shape index (κ1) is 14.5. The Morgan fingerprint density at radius 2 is 2.11 bits per heavy atom. The lowest BCUT2D eigenvalue weighted by Crippen LogP contribution is -2.23. The highest BCUT2D eigenvalue weighted by molar-refractivity contribution is 7.91. The first-order chi connectivity index (χ1) is 8.86. The molecule has 0 fully saturated rings. The van der Waals surface area contributed by atoms with E-state index in [9.17, 15) is 13.5 Å². The summed E-state index contributed by atoms with van der Waals surface area (Å²) in [5.74, 6) is 0.355. The van der Waals surface area contributed by atoms with Gasteiger partial charge in [0.05, 0.1) is 11.4 Å². The standard InChI is InChI=1S/C15H22O3S/c1-3-19(17,18)10-4-8-15(16)9-7-13-6-5-12(2)11-14(13)15/h5-6,11,16H,3-4,7-10H2,1-2H3. The Morgan fingerprint density at radius 1 is 1.37 bits per heavy atom. The number of benzene rings is 1. The van der Waals surface area contributed by atoms with Gasteiger partial charge in [-0.05, 0) is 43.7 Å². The Morgan fingerprint density at radius 3 is 2.79 bits per heavy atom. The number of fused-ring (bicyclic) bond motifs is 1. The van der Waals surface area contributed by atoms with Crippen LogP contribution in [0.3, 0.4) is 0 Å². The summed E-state index contributed by atoms with van der Waals surface area (Å²) in [6.45, 7) is 3.68. The van der Waals surface area contributed by atoms with E-state index in [2.05, 4.69) is 12.1 Å². The van der Waals surface area contributed by atoms with Crippen LogP contribution in [0.25, 0.3) is 0 Å². The van der Waals surface area contributed by atoms with Gasteiger partial charge in [0.15, 0.2) is 0 Å². The van der Waals surface area contributed by atoms with Gasteiger partial charge in [0.1, 0.15) is 9.84 Å². The van der Waals surface area contributed by atoms with Gasteiger partial charge in [-0.1, -0.05) is 30.7 Å². The van der Waals surface area contributed by atoms with Gasteiger partial charge in [0.2, 0.25) is 0 Å². The second kappa shape index (κ2) is 5.25. The lowest BCUT2D eigenvalue weighted by Gasteiger charge is -2.24. The van der Waals surface area contributed by atoms with Crippen LogP contribution in [0.2, 0.25) is 0 Å². The molecule has 1 aliphatic carbocycles. The minimum atomic E-state index is -2.93.